The molecule has 2 aromatic rings. The second-order valence-electron chi connectivity index (χ2n) is 5.97. The van der Waals surface area contributed by atoms with Crippen LogP contribution in [-0.2, 0) is 4.79 Å². The Bertz CT molecular complexity index is 762. The molecule has 2 heterocycles. The number of aliphatic carboxylic acids is 1. The average Bonchev–Trinajstić information content (AvgIpc) is 2.69. The Hall–Kier alpha value is -3.10. The number of carboxylic acid groups (broad SMARTS) is 1. The summed E-state index contributed by atoms with van der Waals surface area (Å²) in [7, 11) is 0. The molecule has 9 heteroatoms. The fraction of sp³-hybridized carbons (Fsp3) is 0.316. The maximum absolute atomic E-state index is 12.3. The Labute approximate surface area is 159 Å². The van der Waals surface area contributed by atoms with E-state index in [0.717, 1.165) is 37.2 Å². The smallest absolute Gasteiger partial charge is 0.489 e. The molecular weight excluding hydrogens is 377 g/mol. The average molecular weight is 396 g/mol. The van der Waals surface area contributed by atoms with Gasteiger partial charge in [-0.25, -0.2) is 4.79 Å². The predicted octanol–water partition coefficient (Wildman–Crippen LogP) is 3.40. The van der Waals surface area contributed by atoms with Crippen molar-refractivity contribution in [1.82, 2.24) is 9.88 Å². The summed E-state index contributed by atoms with van der Waals surface area (Å²) in [6.45, 7) is 1.47. The van der Waals surface area contributed by atoms with Crippen molar-refractivity contribution in [3.63, 3.8) is 0 Å². The number of halogens is 3. The van der Waals surface area contributed by atoms with Gasteiger partial charge in [-0.15, -0.1) is 0 Å². The number of benzene rings is 1. The number of carbonyl (C=O) groups excluding carboxylic acids is 1. The summed E-state index contributed by atoms with van der Waals surface area (Å²) >= 11 is 0. The van der Waals surface area contributed by atoms with Gasteiger partial charge in [0.2, 0.25) is 0 Å². The van der Waals surface area contributed by atoms with Crippen LogP contribution in [0.2, 0.25) is 0 Å². The summed E-state index contributed by atoms with van der Waals surface area (Å²) in [6, 6.07) is 13.2. The molecule has 1 saturated heterocycles. The van der Waals surface area contributed by atoms with Gasteiger partial charge < -0.3 is 14.7 Å². The minimum Gasteiger partial charge on any atom is -0.489 e. The first-order valence-electron chi connectivity index (χ1n) is 8.48. The molecule has 0 unspecified atom stereocenters. The van der Waals surface area contributed by atoms with E-state index >= 15 is 0 Å². The lowest BCUT2D eigenvalue weighted by Crippen LogP contribution is -2.41. The van der Waals surface area contributed by atoms with Gasteiger partial charge in [0, 0.05) is 37.7 Å². The number of piperidine rings is 1. The van der Waals surface area contributed by atoms with Crippen molar-refractivity contribution in [3.8, 4) is 5.75 Å². The molecule has 150 valence electrons. The van der Waals surface area contributed by atoms with Crippen molar-refractivity contribution < 1.29 is 32.6 Å². The van der Waals surface area contributed by atoms with Gasteiger partial charge in [0.15, 0.2) is 0 Å². The molecule has 28 heavy (non-hydrogen) atoms. The first kappa shape index (κ1) is 21.2. The van der Waals surface area contributed by atoms with Crippen LogP contribution >= 0.6 is 0 Å². The van der Waals surface area contributed by atoms with E-state index in [1.807, 2.05) is 47.4 Å². The molecule has 1 fully saturated rings. The largest absolute Gasteiger partial charge is 0.490 e. The van der Waals surface area contributed by atoms with Crippen molar-refractivity contribution >= 4 is 11.9 Å². The number of alkyl halides is 3. The van der Waals surface area contributed by atoms with E-state index in [1.165, 1.54) is 0 Å². The highest BCUT2D eigenvalue weighted by atomic mass is 19.4. The zero-order chi connectivity index (χ0) is 20.6. The first-order valence-corrected chi connectivity index (χ1v) is 8.48. The van der Waals surface area contributed by atoms with Gasteiger partial charge in [-0.05, 0) is 24.3 Å². The number of hydrogen-bond donors (Lipinski definition) is 1. The van der Waals surface area contributed by atoms with Crippen LogP contribution in [0.1, 0.15) is 23.2 Å². The molecule has 0 radical (unpaired) electrons. The minimum atomic E-state index is -5.08. The Morgan fingerprint density at radius 1 is 1.07 bits per heavy atom. The van der Waals surface area contributed by atoms with Gasteiger partial charge in [-0.3, -0.25) is 9.78 Å². The number of carboxylic acids is 1. The number of amides is 1. The van der Waals surface area contributed by atoms with E-state index in [1.54, 1.807) is 12.4 Å². The summed E-state index contributed by atoms with van der Waals surface area (Å²) in [5, 5.41) is 7.12. The number of nitrogens with zero attached hydrogens (tertiary/aromatic N) is 2. The summed E-state index contributed by atoms with van der Waals surface area (Å²) in [6.07, 6.45) is 0.241. The Balaban J connectivity index is 0.000000345. The zero-order valence-electron chi connectivity index (χ0n) is 14.8. The van der Waals surface area contributed by atoms with E-state index in [4.69, 9.17) is 14.6 Å². The summed E-state index contributed by atoms with van der Waals surface area (Å²) in [5.41, 5.74) is 0.754. The fourth-order valence-corrected chi connectivity index (χ4v) is 2.55. The standard InChI is InChI=1S/C17H18N2O2.C2HF3O2/c20-17(14-5-2-1-3-6-14)19-11-8-15(9-12-19)21-16-7-4-10-18-13-16;3-2(4,5)1(6)7/h1-7,10,13,15H,8-9,11-12H2;(H,6,7). The summed E-state index contributed by atoms with van der Waals surface area (Å²) < 4.78 is 37.6. The van der Waals surface area contributed by atoms with E-state index in [0.29, 0.717) is 0 Å². The highest BCUT2D eigenvalue weighted by Crippen LogP contribution is 2.19. The van der Waals surface area contributed by atoms with Crippen LogP contribution in [-0.4, -0.2) is 52.2 Å². The van der Waals surface area contributed by atoms with Crippen molar-refractivity contribution in [1.29, 1.82) is 0 Å². The second kappa shape index (κ2) is 9.72. The molecule has 1 N–H and O–H groups in total. The monoisotopic (exact) mass is 396 g/mol. The molecule has 0 atom stereocenters. The number of rotatable bonds is 3. The van der Waals surface area contributed by atoms with Gasteiger partial charge in [0.25, 0.3) is 5.91 Å². The van der Waals surface area contributed by atoms with Crippen LogP contribution in [0.4, 0.5) is 13.2 Å². The van der Waals surface area contributed by atoms with Gasteiger partial charge in [-0.2, -0.15) is 13.2 Å². The van der Waals surface area contributed by atoms with E-state index in [-0.39, 0.29) is 12.0 Å². The minimum absolute atomic E-state index is 0.107. The molecule has 3 rings (SSSR count). The molecular formula is C19H19F3N2O4. The van der Waals surface area contributed by atoms with Crippen LogP contribution < -0.4 is 4.74 Å². The van der Waals surface area contributed by atoms with Crippen molar-refractivity contribution in [2.45, 2.75) is 25.1 Å². The van der Waals surface area contributed by atoms with Crippen molar-refractivity contribution in [2.75, 3.05) is 13.1 Å². The summed E-state index contributed by atoms with van der Waals surface area (Å²) in [4.78, 5) is 27.2. The quantitative estimate of drug-likeness (QED) is 0.860. The lowest BCUT2D eigenvalue weighted by atomic mass is 10.1. The lowest BCUT2D eigenvalue weighted by molar-refractivity contribution is -0.192. The highest BCUT2D eigenvalue weighted by Gasteiger charge is 2.38. The van der Waals surface area contributed by atoms with E-state index in [9.17, 15) is 18.0 Å². The van der Waals surface area contributed by atoms with Gasteiger partial charge in [-0.1, -0.05) is 18.2 Å². The zero-order valence-corrected chi connectivity index (χ0v) is 14.8. The molecule has 1 aromatic heterocycles. The first-order chi connectivity index (χ1) is 13.3. The topological polar surface area (TPSA) is 79.7 Å². The number of hydrogen-bond acceptors (Lipinski definition) is 4. The van der Waals surface area contributed by atoms with Crippen molar-refractivity contribution in [3.05, 3.63) is 60.4 Å². The third-order valence-electron chi connectivity index (χ3n) is 3.93. The van der Waals surface area contributed by atoms with Gasteiger partial charge >= 0.3 is 12.1 Å². The van der Waals surface area contributed by atoms with Crippen LogP contribution in [0.3, 0.4) is 0 Å². The maximum atomic E-state index is 12.3. The normalized spacial score (nSPS) is 14.6. The molecule has 1 aliphatic heterocycles. The molecule has 0 aliphatic carbocycles. The SMILES string of the molecule is O=C(O)C(F)(F)F.O=C(c1ccccc1)N1CCC(Oc2cccnc2)CC1. The number of carbonyl (C=O) groups is 2. The van der Waals surface area contributed by atoms with Crippen LogP contribution in [0.5, 0.6) is 5.75 Å². The number of ether oxygens (including phenoxy) is 1. The van der Waals surface area contributed by atoms with Crippen LogP contribution in [0.15, 0.2) is 54.9 Å². The highest BCUT2D eigenvalue weighted by molar-refractivity contribution is 5.94. The Kier molecular flexibility index (Phi) is 7.36. The molecule has 1 aromatic carbocycles. The molecule has 0 saturated carbocycles. The second-order valence-corrected chi connectivity index (χ2v) is 5.97. The van der Waals surface area contributed by atoms with Gasteiger partial charge in [0.05, 0.1) is 6.20 Å². The fourth-order valence-electron chi connectivity index (χ4n) is 2.55. The third kappa shape index (κ3) is 6.57. The van der Waals surface area contributed by atoms with Crippen molar-refractivity contribution in [2.24, 2.45) is 0 Å². The maximum Gasteiger partial charge on any atom is 0.490 e. The lowest BCUT2D eigenvalue weighted by Gasteiger charge is -2.32. The summed E-state index contributed by atoms with van der Waals surface area (Å²) in [5.74, 6) is -1.85. The molecule has 1 amide bonds. The van der Waals surface area contributed by atoms with Crippen LogP contribution in [0, 0.1) is 0 Å². The van der Waals surface area contributed by atoms with Crippen LogP contribution in [0.25, 0.3) is 0 Å². The number of pyridine rings is 1. The number of aromatic nitrogens is 1. The Morgan fingerprint density at radius 2 is 1.68 bits per heavy atom. The third-order valence-corrected chi connectivity index (χ3v) is 3.93. The molecule has 0 bridgehead atoms. The molecule has 6 nitrogen and oxygen atoms in total. The Morgan fingerprint density at radius 3 is 2.18 bits per heavy atom. The van der Waals surface area contributed by atoms with E-state index < -0.39 is 12.1 Å². The van der Waals surface area contributed by atoms with E-state index in [2.05, 4.69) is 4.98 Å². The molecule has 1 aliphatic rings. The number of likely N-dealkylation sites (tertiary alicyclic amines) is 1. The van der Waals surface area contributed by atoms with Gasteiger partial charge in [0.1, 0.15) is 11.9 Å². The predicted molar refractivity (Wildman–Crippen MR) is 93.9 cm³/mol. The molecule has 0 spiro atoms.